The summed E-state index contributed by atoms with van der Waals surface area (Å²) >= 11 is 0. The molecule has 0 radical (unpaired) electrons. The predicted molar refractivity (Wildman–Crippen MR) is 36.7 cm³/mol. The normalized spacial score (nSPS) is 42.1. The molecule has 2 fully saturated rings. The Balaban J connectivity index is 1.94. The summed E-state index contributed by atoms with van der Waals surface area (Å²) < 4.78 is 29.7. The maximum Gasteiger partial charge on any atom is 0.308 e. The first-order valence-corrected chi connectivity index (χ1v) is 4.03. The Labute approximate surface area is 68.9 Å². The second-order valence-electron chi connectivity index (χ2n) is 3.58. The Morgan fingerprint density at radius 2 is 1.92 bits per heavy atom. The first kappa shape index (κ1) is 7.95. The van der Waals surface area contributed by atoms with Gasteiger partial charge in [0, 0.05) is 11.8 Å². The standard InChI is InChI=1S/C8H10F2O2/c1-12-7(11)4-2-5-6(3-4)8(5,9)10/h4-6H,2-3H2,1H3/t4?,5-,6+. The summed E-state index contributed by atoms with van der Waals surface area (Å²) in [5.41, 5.74) is 0. The predicted octanol–water partition coefficient (Wildman–Crippen LogP) is 1.45. The van der Waals surface area contributed by atoms with Crippen LogP contribution in [0.4, 0.5) is 8.78 Å². The molecule has 0 amide bonds. The van der Waals surface area contributed by atoms with Gasteiger partial charge in [-0.15, -0.1) is 0 Å². The molecule has 0 aromatic rings. The second kappa shape index (κ2) is 2.18. The molecule has 12 heavy (non-hydrogen) atoms. The molecule has 2 saturated carbocycles. The minimum Gasteiger partial charge on any atom is -0.469 e. The molecular weight excluding hydrogens is 166 g/mol. The van der Waals surface area contributed by atoms with Gasteiger partial charge in [0.15, 0.2) is 0 Å². The lowest BCUT2D eigenvalue weighted by Gasteiger charge is -2.10. The molecule has 0 N–H and O–H groups in total. The number of alkyl halides is 2. The fourth-order valence-electron chi connectivity index (χ4n) is 2.17. The molecule has 0 saturated heterocycles. The zero-order valence-electron chi connectivity index (χ0n) is 6.72. The molecule has 2 nitrogen and oxygen atoms in total. The number of carbonyl (C=O) groups excluding carboxylic acids is 1. The van der Waals surface area contributed by atoms with Gasteiger partial charge in [-0.25, -0.2) is 8.78 Å². The molecule has 1 unspecified atom stereocenters. The summed E-state index contributed by atoms with van der Waals surface area (Å²) in [6.07, 6.45) is 0.620. The Hall–Kier alpha value is -0.670. The van der Waals surface area contributed by atoms with Crippen LogP contribution >= 0.6 is 0 Å². The molecule has 4 heteroatoms. The highest BCUT2D eigenvalue weighted by molar-refractivity contribution is 5.73. The van der Waals surface area contributed by atoms with Crippen LogP contribution in [-0.4, -0.2) is 19.0 Å². The van der Waals surface area contributed by atoms with Crippen LogP contribution in [0.5, 0.6) is 0 Å². The van der Waals surface area contributed by atoms with E-state index in [4.69, 9.17) is 0 Å². The number of hydrogen-bond acceptors (Lipinski definition) is 2. The van der Waals surface area contributed by atoms with Crippen LogP contribution < -0.4 is 0 Å². The first-order valence-electron chi connectivity index (χ1n) is 4.03. The topological polar surface area (TPSA) is 26.3 Å². The summed E-state index contributed by atoms with van der Waals surface area (Å²) in [6, 6.07) is 0. The maximum atomic E-state index is 12.6. The molecule has 0 heterocycles. The summed E-state index contributed by atoms with van der Waals surface area (Å²) in [6.45, 7) is 0. The number of carbonyl (C=O) groups is 1. The molecule has 2 aliphatic carbocycles. The maximum absolute atomic E-state index is 12.6. The van der Waals surface area contributed by atoms with Gasteiger partial charge in [-0.05, 0) is 12.8 Å². The highest BCUT2D eigenvalue weighted by Gasteiger charge is 2.72. The summed E-state index contributed by atoms with van der Waals surface area (Å²) in [7, 11) is 1.30. The van der Waals surface area contributed by atoms with E-state index >= 15 is 0 Å². The van der Waals surface area contributed by atoms with Gasteiger partial charge in [-0.2, -0.15) is 0 Å². The van der Waals surface area contributed by atoms with Crippen LogP contribution in [-0.2, 0) is 9.53 Å². The number of halogens is 2. The van der Waals surface area contributed by atoms with Crippen LogP contribution in [0.1, 0.15) is 12.8 Å². The monoisotopic (exact) mass is 176 g/mol. The van der Waals surface area contributed by atoms with Crippen LogP contribution in [0, 0.1) is 17.8 Å². The van der Waals surface area contributed by atoms with E-state index in [0.717, 1.165) is 0 Å². The molecule has 3 atom stereocenters. The molecule has 0 aliphatic heterocycles. The number of fused-ring (bicyclic) bond motifs is 1. The van der Waals surface area contributed by atoms with Crippen LogP contribution in [0.25, 0.3) is 0 Å². The summed E-state index contributed by atoms with van der Waals surface area (Å²) in [4.78, 5) is 10.9. The lowest BCUT2D eigenvalue weighted by Crippen LogP contribution is -2.18. The van der Waals surface area contributed by atoms with Crippen molar-refractivity contribution in [2.75, 3.05) is 7.11 Å². The van der Waals surface area contributed by atoms with Crippen molar-refractivity contribution in [3.05, 3.63) is 0 Å². The van der Waals surface area contributed by atoms with Crippen molar-refractivity contribution in [2.45, 2.75) is 18.8 Å². The van der Waals surface area contributed by atoms with Crippen LogP contribution in [0.2, 0.25) is 0 Å². The Bertz CT molecular complexity index is 213. The van der Waals surface area contributed by atoms with E-state index in [0.29, 0.717) is 12.8 Å². The van der Waals surface area contributed by atoms with Gasteiger partial charge in [0.05, 0.1) is 13.0 Å². The van der Waals surface area contributed by atoms with E-state index < -0.39 is 17.8 Å². The fourth-order valence-corrected chi connectivity index (χ4v) is 2.17. The van der Waals surface area contributed by atoms with Crippen LogP contribution in [0.15, 0.2) is 0 Å². The zero-order valence-corrected chi connectivity index (χ0v) is 6.72. The van der Waals surface area contributed by atoms with E-state index in [2.05, 4.69) is 4.74 Å². The third-order valence-electron chi connectivity index (χ3n) is 2.98. The van der Waals surface area contributed by atoms with E-state index in [1.165, 1.54) is 7.11 Å². The van der Waals surface area contributed by atoms with Gasteiger partial charge in [0.1, 0.15) is 0 Å². The highest BCUT2D eigenvalue weighted by Crippen LogP contribution is 2.65. The number of methoxy groups -OCH3 is 1. The zero-order chi connectivity index (χ0) is 8.93. The van der Waals surface area contributed by atoms with Gasteiger partial charge >= 0.3 is 5.97 Å². The van der Waals surface area contributed by atoms with E-state index in [9.17, 15) is 13.6 Å². The van der Waals surface area contributed by atoms with E-state index in [1.54, 1.807) is 0 Å². The molecule has 0 bridgehead atoms. The van der Waals surface area contributed by atoms with Gasteiger partial charge in [0.25, 0.3) is 5.92 Å². The van der Waals surface area contributed by atoms with Crippen molar-refractivity contribution < 1.29 is 18.3 Å². The number of ether oxygens (including phenoxy) is 1. The SMILES string of the molecule is COC(=O)C1C[C@@H]2[C@H](C1)C2(F)F. The molecule has 2 aliphatic rings. The summed E-state index contributed by atoms with van der Waals surface area (Å²) in [5, 5.41) is 0. The second-order valence-corrected chi connectivity index (χ2v) is 3.58. The van der Waals surface area contributed by atoms with Gasteiger partial charge in [0.2, 0.25) is 0 Å². The van der Waals surface area contributed by atoms with Crippen molar-refractivity contribution in [3.63, 3.8) is 0 Å². The summed E-state index contributed by atoms with van der Waals surface area (Å²) in [5.74, 6) is -4.17. The highest BCUT2D eigenvalue weighted by atomic mass is 19.3. The van der Waals surface area contributed by atoms with Crippen molar-refractivity contribution in [2.24, 2.45) is 17.8 Å². The largest absolute Gasteiger partial charge is 0.469 e. The Kier molecular flexibility index (Phi) is 1.44. The van der Waals surface area contributed by atoms with Crippen molar-refractivity contribution in [1.82, 2.24) is 0 Å². The molecule has 2 rings (SSSR count). The van der Waals surface area contributed by atoms with Gasteiger partial charge < -0.3 is 4.74 Å². The molecule has 0 aromatic heterocycles. The smallest absolute Gasteiger partial charge is 0.308 e. The number of rotatable bonds is 1. The minimum atomic E-state index is -2.48. The van der Waals surface area contributed by atoms with Gasteiger partial charge in [-0.1, -0.05) is 0 Å². The van der Waals surface area contributed by atoms with Crippen molar-refractivity contribution in [1.29, 1.82) is 0 Å². The lowest BCUT2D eigenvalue weighted by molar-refractivity contribution is -0.146. The van der Waals surface area contributed by atoms with Gasteiger partial charge in [-0.3, -0.25) is 4.79 Å². The third kappa shape index (κ3) is 0.867. The first-order chi connectivity index (χ1) is 5.57. The molecule has 0 aromatic carbocycles. The quantitative estimate of drug-likeness (QED) is 0.565. The Morgan fingerprint density at radius 1 is 1.42 bits per heavy atom. The number of esters is 1. The molecule has 68 valence electrons. The molecule has 0 spiro atoms. The number of hydrogen-bond donors (Lipinski definition) is 0. The van der Waals surface area contributed by atoms with E-state index in [-0.39, 0.29) is 11.9 Å². The Morgan fingerprint density at radius 3 is 2.33 bits per heavy atom. The third-order valence-corrected chi connectivity index (χ3v) is 2.98. The van der Waals surface area contributed by atoms with Crippen molar-refractivity contribution >= 4 is 5.97 Å². The average Bonchev–Trinajstić information content (AvgIpc) is 2.52. The molecular formula is C8H10F2O2. The van der Waals surface area contributed by atoms with Crippen LogP contribution in [0.3, 0.4) is 0 Å². The minimum absolute atomic E-state index is 0.273. The lowest BCUT2D eigenvalue weighted by atomic mass is 10.0. The average molecular weight is 176 g/mol. The van der Waals surface area contributed by atoms with Crippen molar-refractivity contribution in [3.8, 4) is 0 Å². The fraction of sp³-hybridized carbons (Fsp3) is 0.875. The van der Waals surface area contributed by atoms with E-state index in [1.807, 2.05) is 0 Å².